The number of aryl methyl sites for hydroxylation is 1. The van der Waals surface area contributed by atoms with E-state index in [1.807, 2.05) is 0 Å². The van der Waals surface area contributed by atoms with E-state index in [0.717, 1.165) is 0 Å². The molecule has 0 saturated carbocycles. The number of amides is 2. The molecule has 0 bridgehead atoms. The van der Waals surface area contributed by atoms with Crippen LogP contribution in [0.5, 0.6) is 0 Å². The van der Waals surface area contributed by atoms with Crippen LogP contribution in [-0.2, 0) is 0 Å². The van der Waals surface area contributed by atoms with Crippen molar-refractivity contribution in [3.05, 3.63) is 52.1 Å². The summed E-state index contributed by atoms with van der Waals surface area (Å²) in [5.74, 6) is 0.0118. The molecule has 8 nitrogen and oxygen atoms in total. The van der Waals surface area contributed by atoms with Crippen LogP contribution in [0.2, 0.25) is 0 Å². The summed E-state index contributed by atoms with van der Waals surface area (Å²) in [4.78, 5) is 43.9. The Kier molecular flexibility index (Phi) is 3.96. The van der Waals surface area contributed by atoms with E-state index in [0.29, 0.717) is 25.3 Å². The first kappa shape index (κ1) is 15.0. The number of nitrogens with zero attached hydrogens (tertiary/aromatic N) is 2. The van der Waals surface area contributed by atoms with Gasteiger partial charge in [0.1, 0.15) is 11.5 Å². The summed E-state index contributed by atoms with van der Waals surface area (Å²) < 4.78 is 5.03. The number of likely N-dealkylation sites (tertiary alicyclic amines) is 1. The zero-order chi connectivity index (χ0) is 16.4. The average molecular weight is 316 g/mol. The van der Waals surface area contributed by atoms with Crippen LogP contribution in [-0.4, -0.2) is 45.8 Å². The van der Waals surface area contributed by atoms with Crippen LogP contribution >= 0.6 is 0 Å². The van der Waals surface area contributed by atoms with Gasteiger partial charge < -0.3 is 19.6 Å². The molecular weight excluding hydrogens is 300 g/mol. The predicted molar refractivity (Wildman–Crippen MR) is 80.1 cm³/mol. The Balaban J connectivity index is 1.64. The smallest absolute Gasteiger partial charge is 0.287 e. The molecule has 0 radical (unpaired) electrons. The van der Waals surface area contributed by atoms with Crippen LogP contribution in [0.15, 0.2) is 33.7 Å². The molecule has 1 aliphatic heterocycles. The number of furan rings is 1. The first-order chi connectivity index (χ1) is 11.0. The fourth-order valence-electron chi connectivity index (χ4n) is 2.58. The fourth-order valence-corrected chi connectivity index (χ4v) is 2.58. The van der Waals surface area contributed by atoms with Gasteiger partial charge in [0, 0.05) is 25.2 Å². The number of carbonyl (C=O) groups is 2. The van der Waals surface area contributed by atoms with Crippen LogP contribution in [0.3, 0.4) is 0 Å². The lowest BCUT2D eigenvalue weighted by Gasteiger charge is -2.16. The van der Waals surface area contributed by atoms with Gasteiger partial charge in [0.2, 0.25) is 0 Å². The summed E-state index contributed by atoms with van der Waals surface area (Å²) in [5.41, 5.74) is -0.244. The summed E-state index contributed by atoms with van der Waals surface area (Å²) >= 11 is 0. The summed E-state index contributed by atoms with van der Waals surface area (Å²) in [6.45, 7) is 2.49. The Morgan fingerprint density at radius 1 is 1.48 bits per heavy atom. The molecular formula is C15H16N4O4. The van der Waals surface area contributed by atoms with E-state index in [4.69, 9.17) is 4.42 Å². The molecule has 1 saturated heterocycles. The van der Waals surface area contributed by atoms with Gasteiger partial charge in [-0.15, -0.1) is 0 Å². The van der Waals surface area contributed by atoms with Gasteiger partial charge in [0.25, 0.3) is 17.4 Å². The Bertz CT molecular complexity index is 781. The number of H-pyrrole nitrogens is 1. The van der Waals surface area contributed by atoms with E-state index in [2.05, 4.69) is 15.3 Å². The van der Waals surface area contributed by atoms with Crippen LogP contribution in [0.4, 0.5) is 0 Å². The molecule has 3 rings (SSSR count). The van der Waals surface area contributed by atoms with Gasteiger partial charge in [0.15, 0.2) is 5.76 Å². The number of hydrogen-bond donors (Lipinski definition) is 2. The molecule has 1 atom stereocenters. The molecule has 2 aromatic heterocycles. The van der Waals surface area contributed by atoms with E-state index in [1.54, 1.807) is 24.0 Å². The van der Waals surface area contributed by atoms with Gasteiger partial charge in [-0.25, -0.2) is 4.98 Å². The SMILES string of the molecule is Cc1nc(C(=O)N2CC[C@@H](NC(=O)c3ccco3)C2)cc(=O)[nH]1. The topological polar surface area (TPSA) is 108 Å². The van der Waals surface area contributed by atoms with E-state index >= 15 is 0 Å². The Morgan fingerprint density at radius 3 is 3.00 bits per heavy atom. The Hall–Kier alpha value is -2.90. The number of carbonyl (C=O) groups excluding carboxylic acids is 2. The van der Waals surface area contributed by atoms with Gasteiger partial charge >= 0.3 is 0 Å². The van der Waals surface area contributed by atoms with Crippen LogP contribution in [0, 0.1) is 6.92 Å². The van der Waals surface area contributed by atoms with Crippen molar-refractivity contribution in [2.45, 2.75) is 19.4 Å². The van der Waals surface area contributed by atoms with Crippen molar-refractivity contribution >= 4 is 11.8 Å². The van der Waals surface area contributed by atoms with Crippen molar-refractivity contribution in [2.24, 2.45) is 0 Å². The number of aromatic nitrogens is 2. The average Bonchev–Trinajstić information content (AvgIpc) is 3.16. The number of rotatable bonds is 3. The normalized spacial score (nSPS) is 17.3. The highest BCUT2D eigenvalue weighted by Crippen LogP contribution is 2.13. The summed E-state index contributed by atoms with van der Waals surface area (Å²) in [7, 11) is 0. The maximum Gasteiger partial charge on any atom is 0.287 e. The molecule has 0 unspecified atom stereocenters. The molecule has 0 spiro atoms. The molecule has 1 aliphatic rings. The van der Waals surface area contributed by atoms with Crippen molar-refractivity contribution in [1.82, 2.24) is 20.2 Å². The molecule has 1 fully saturated rings. The summed E-state index contributed by atoms with van der Waals surface area (Å²) in [5, 5.41) is 2.83. The van der Waals surface area contributed by atoms with E-state index in [1.165, 1.54) is 12.3 Å². The van der Waals surface area contributed by atoms with Crippen molar-refractivity contribution in [3.63, 3.8) is 0 Å². The zero-order valence-electron chi connectivity index (χ0n) is 12.5. The minimum atomic E-state index is -0.359. The second-order valence-electron chi connectivity index (χ2n) is 5.40. The molecule has 120 valence electrons. The molecule has 2 N–H and O–H groups in total. The maximum atomic E-state index is 12.4. The standard InChI is InChI=1S/C15H16N4O4/c1-9-16-11(7-13(20)17-9)15(22)19-5-4-10(8-19)18-14(21)12-3-2-6-23-12/h2-3,6-7,10H,4-5,8H2,1H3,(H,18,21)(H,16,17,20)/t10-/m1/s1. The molecule has 2 aromatic rings. The highest BCUT2D eigenvalue weighted by molar-refractivity contribution is 5.93. The third-order valence-corrected chi connectivity index (χ3v) is 3.63. The van der Waals surface area contributed by atoms with Gasteiger partial charge in [-0.2, -0.15) is 0 Å². The monoisotopic (exact) mass is 316 g/mol. The quantitative estimate of drug-likeness (QED) is 0.847. The Morgan fingerprint density at radius 2 is 2.30 bits per heavy atom. The van der Waals surface area contributed by atoms with Crippen molar-refractivity contribution in [3.8, 4) is 0 Å². The van der Waals surface area contributed by atoms with E-state index in [9.17, 15) is 14.4 Å². The van der Waals surface area contributed by atoms with Gasteiger partial charge in [-0.1, -0.05) is 0 Å². The molecule has 2 amide bonds. The van der Waals surface area contributed by atoms with Crippen LogP contribution in [0.25, 0.3) is 0 Å². The van der Waals surface area contributed by atoms with E-state index in [-0.39, 0.29) is 34.9 Å². The van der Waals surface area contributed by atoms with Gasteiger partial charge in [0.05, 0.1) is 6.26 Å². The zero-order valence-corrected chi connectivity index (χ0v) is 12.5. The fraction of sp³-hybridized carbons (Fsp3) is 0.333. The minimum Gasteiger partial charge on any atom is -0.459 e. The third-order valence-electron chi connectivity index (χ3n) is 3.63. The number of aromatic amines is 1. The van der Waals surface area contributed by atoms with Crippen molar-refractivity contribution < 1.29 is 14.0 Å². The van der Waals surface area contributed by atoms with Crippen LogP contribution in [0.1, 0.15) is 33.3 Å². The van der Waals surface area contributed by atoms with Gasteiger partial charge in [-0.05, 0) is 25.5 Å². The number of hydrogen-bond acceptors (Lipinski definition) is 5. The lowest BCUT2D eigenvalue weighted by atomic mass is 10.2. The van der Waals surface area contributed by atoms with E-state index < -0.39 is 0 Å². The Labute approximate surface area is 131 Å². The van der Waals surface area contributed by atoms with Crippen molar-refractivity contribution in [1.29, 1.82) is 0 Å². The lowest BCUT2D eigenvalue weighted by molar-refractivity contribution is 0.0775. The largest absolute Gasteiger partial charge is 0.459 e. The first-order valence-electron chi connectivity index (χ1n) is 7.24. The molecule has 8 heteroatoms. The molecule has 23 heavy (non-hydrogen) atoms. The third kappa shape index (κ3) is 3.31. The second kappa shape index (κ2) is 6.07. The summed E-state index contributed by atoms with van der Waals surface area (Å²) in [6, 6.07) is 4.25. The highest BCUT2D eigenvalue weighted by atomic mass is 16.3. The molecule has 0 aliphatic carbocycles. The second-order valence-corrected chi connectivity index (χ2v) is 5.40. The maximum absolute atomic E-state index is 12.4. The van der Waals surface area contributed by atoms with Crippen LogP contribution < -0.4 is 10.9 Å². The summed E-state index contributed by atoms with van der Waals surface area (Å²) in [6.07, 6.45) is 2.07. The molecule has 0 aromatic carbocycles. The first-order valence-corrected chi connectivity index (χ1v) is 7.24. The number of nitrogens with one attached hydrogen (secondary N) is 2. The highest BCUT2D eigenvalue weighted by Gasteiger charge is 2.29. The van der Waals surface area contributed by atoms with Crippen molar-refractivity contribution in [2.75, 3.05) is 13.1 Å². The predicted octanol–water partition coefficient (Wildman–Crippen LogP) is 0.316. The molecule has 3 heterocycles. The van der Waals surface area contributed by atoms with Gasteiger partial charge in [-0.3, -0.25) is 14.4 Å². The lowest BCUT2D eigenvalue weighted by Crippen LogP contribution is -2.38. The minimum absolute atomic E-state index is 0.115.